The molecule has 2 amide bonds. The maximum atomic E-state index is 12.3. The molecule has 17 heteroatoms. The first-order chi connectivity index (χ1) is 24.6. The topological polar surface area (TPSA) is 141 Å². The highest BCUT2D eigenvalue weighted by Crippen LogP contribution is 2.36. The van der Waals surface area contributed by atoms with Gasteiger partial charge in [0.25, 0.3) is 12.0 Å². The maximum absolute atomic E-state index is 12.3. The first kappa shape index (κ1) is 39.8. The average Bonchev–Trinajstić information content (AvgIpc) is 3.70. The summed E-state index contributed by atoms with van der Waals surface area (Å²) in [5.41, 5.74) is 2.08. The number of carbonyl (C=O) groups excluding carboxylic acids is 2. The Morgan fingerprint density at radius 3 is 2.08 bits per heavy atom. The first-order valence-corrected chi connectivity index (χ1v) is 19.3. The van der Waals surface area contributed by atoms with E-state index in [4.69, 9.17) is 41.5 Å². The molecule has 2 aliphatic rings. The molecular formula is C35H41Br2Cl2N7O6. The van der Waals surface area contributed by atoms with Gasteiger partial charge in [0.15, 0.2) is 11.2 Å². The van der Waals surface area contributed by atoms with Crippen molar-refractivity contribution >= 4 is 101 Å². The van der Waals surface area contributed by atoms with Crippen molar-refractivity contribution in [3.05, 3.63) is 42.8 Å². The lowest BCUT2D eigenvalue weighted by Gasteiger charge is -2.39. The van der Waals surface area contributed by atoms with Gasteiger partial charge in [-0.15, -0.1) is 0 Å². The van der Waals surface area contributed by atoms with Crippen LogP contribution in [0.3, 0.4) is 0 Å². The van der Waals surface area contributed by atoms with Gasteiger partial charge in [0.2, 0.25) is 0 Å². The average molecular weight is 886 g/mol. The van der Waals surface area contributed by atoms with Crippen LogP contribution >= 0.6 is 55.1 Å². The number of nitriles is 1. The molecule has 2 aromatic heterocycles. The fraction of sp³-hybridized carbons (Fsp3) is 0.514. The number of oxazole rings is 2. The highest BCUT2D eigenvalue weighted by molar-refractivity contribution is 9.11. The molecule has 0 bridgehead atoms. The zero-order chi connectivity index (χ0) is 37.9. The van der Waals surface area contributed by atoms with E-state index in [-0.39, 0.29) is 29.8 Å². The lowest BCUT2D eigenvalue weighted by Crippen LogP contribution is -2.54. The Balaban J connectivity index is 0.000000202. The fourth-order valence-electron chi connectivity index (χ4n) is 5.84. The van der Waals surface area contributed by atoms with Gasteiger partial charge in [-0.25, -0.2) is 9.59 Å². The number of halogens is 4. The Kier molecular flexibility index (Phi) is 12.8. The van der Waals surface area contributed by atoms with Crippen molar-refractivity contribution in [2.24, 2.45) is 0 Å². The summed E-state index contributed by atoms with van der Waals surface area (Å²) in [7, 11) is 0. The van der Waals surface area contributed by atoms with Gasteiger partial charge < -0.3 is 37.9 Å². The van der Waals surface area contributed by atoms with Crippen molar-refractivity contribution in [3.63, 3.8) is 0 Å². The number of amides is 2. The van der Waals surface area contributed by atoms with Crippen molar-refractivity contribution in [2.45, 2.75) is 72.1 Å². The van der Waals surface area contributed by atoms with E-state index in [9.17, 15) is 14.9 Å². The predicted octanol–water partition coefficient (Wildman–Crippen LogP) is 9.25. The molecule has 2 saturated heterocycles. The van der Waals surface area contributed by atoms with E-state index in [1.165, 1.54) is 0 Å². The number of carbonyl (C=O) groups is 2. The maximum Gasteiger partial charge on any atom is 0.410 e. The first-order valence-electron chi connectivity index (χ1n) is 17.0. The van der Waals surface area contributed by atoms with Crippen LogP contribution in [0.15, 0.2) is 36.0 Å². The third-order valence-electron chi connectivity index (χ3n) is 8.45. The number of unbranched alkanes of at least 4 members (excludes halogenated alkanes) is 1. The number of rotatable bonds is 5. The minimum Gasteiger partial charge on any atom is -0.449 e. The van der Waals surface area contributed by atoms with Gasteiger partial charge in [0, 0.05) is 56.4 Å². The van der Waals surface area contributed by atoms with Crippen molar-refractivity contribution in [1.29, 1.82) is 5.26 Å². The number of benzene rings is 2. The molecular weight excluding hydrogens is 845 g/mol. The molecule has 6 rings (SSSR count). The molecule has 13 nitrogen and oxygen atoms in total. The van der Waals surface area contributed by atoms with E-state index < -0.39 is 5.60 Å². The second-order valence-electron chi connectivity index (χ2n) is 13.7. The fourth-order valence-corrected chi connectivity index (χ4v) is 7.58. The smallest absolute Gasteiger partial charge is 0.410 e. The van der Waals surface area contributed by atoms with E-state index in [1.807, 2.05) is 39.5 Å². The molecule has 52 heavy (non-hydrogen) atoms. The van der Waals surface area contributed by atoms with Crippen LogP contribution in [0.1, 0.15) is 59.9 Å². The monoisotopic (exact) mass is 883 g/mol. The lowest BCUT2D eigenvalue weighted by atomic mass is 10.2. The summed E-state index contributed by atoms with van der Waals surface area (Å²) in [6.45, 7) is 15.4. The Bertz CT molecular complexity index is 1980. The highest BCUT2D eigenvalue weighted by atomic mass is 79.9. The summed E-state index contributed by atoms with van der Waals surface area (Å²) in [4.78, 5) is 40.9. The molecule has 280 valence electrons. The zero-order valence-electron chi connectivity index (χ0n) is 29.8. The van der Waals surface area contributed by atoms with Gasteiger partial charge in [-0.2, -0.15) is 15.2 Å². The summed E-state index contributed by atoms with van der Waals surface area (Å²) in [5, 5.41) is 10.3. The minimum atomic E-state index is -0.497. The molecule has 2 aliphatic heterocycles. The Morgan fingerprint density at radius 2 is 1.50 bits per heavy atom. The van der Waals surface area contributed by atoms with Gasteiger partial charge in [0.05, 0.1) is 20.6 Å². The zero-order valence-corrected chi connectivity index (χ0v) is 34.5. The molecule has 2 unspecified atom stereocenters. The van der Waals surface area contributed by atoms with Gasteiger partial charge in [-0.3, -0.25) is 0 Å². The Labute approximate surface area is 329 Å². The third kappa shape index (κ3) is 9.18. The van der Waals surface area contributed by atoms with E-state index in [0.29, 0.717) is 94.6 Å². The molecule has 4 heterocycles. The van der Waals surface area contributed by atoms with Crippen LogP contribution in [-0.4, -0.2) is 95.5 Å². The molecule has 2 aromatic carbocycles. The number of ether oxygens (including phenoxy) is 2. The number of nitrogens with zero attached hydrogens (tertiary/aromatic N) is 7. The van der Waals surface area contributed by atoms with Gasteiger partial charge >= 0.3 is 12.2 Å². The second kappa shape index (κ2) is 16.7. The summed E-state index contributed by atoms with van der Waals surface area (Å²) in [5.74, 6) is 0. The molecule has 0 spiro atoms. The van der Waals surface area contributed by atoms with Crippen LogP contribution in [0.5, 0.6) is 0 Å². The largest absolute Gasteiger partial charge is 0.449 e. The van der Waals surface area contributed by atoms with Gasteiger partial charge in [-0.05, 0) is 91.1 Å². The minimum absolute atomic E-state index is 0.00896. The number of hydrogen-bond acceptors (Lipinski definition) is 11. The van der Waals surface area contributed by atoms with Crippen molar-refractivity contribution in [1.82, 2.24) is 19.8 Å². The summed E-state index contributed by atoms with van der Waals surface area (Å²) < 4.78 is 24.0. The van der Waals surface area contributed by atoms with Gasteiger partial charge in [0.1, 0.15) is 28.3 Å². The normalized spacial score (nSPS) is 17.9. The van der Waals surface area contributed by atoms with Crippen LogP contribution in [-0.2, 0) is 9.47 Å². The van der Waals surface area contributed by atoms with E-state index in [1.54, 1.807) is 28.0 Å². The van der Waals surface area contributed by atoms with Crippen molar-refractivity contribution in [2.75, 3.05) is 55.7 Å². The lowest BCUT2D eigenvalue weighted by molar-refractivity contribution is 0.0216. The number of hydrogen-bond donors (Lipinski definition) is 0. The number of piperazine rings is 2. The van der Waals surface area contributed by atoms with Crippen LogP contribution in [0, 0.1) is 11.3 Å². The van der Waals surface area contributed by atoms with Gasteiger partial charge in [-0.1, -0.05) is 36.5 Å². The highest BCUT2D eigenvalue weighted by Gasteiger charge is 2.33. The van der Waals surface area contributed by atoms with Crippen molar-refractivity contribution < 1.29 is 27.9 Å². The number of fused-ring (bicyclic) bond motifs is 2. The SMILES string of the molecule is CC1CN(C(=O)OC(C)(C)C)CCN1c1nc2cc(Cl)cc(Br)c2o1.CCCCOC(=O)N1CCN(c2nc3c(C#N)c(Cl)cc(Br)c3o2)C(C)C1. The molecule has 0 saturated carbocycles. The number of anilines is 2. The number of aromatic nitrogens is 2. The van der Waals surface area contributed by atoms with E-state index in [0.717, 1.165) is 17.3 Å². The van der Waals surface area contributed by atoms with Crippen LogP contribution in [0.25, 0.3) is 22.2 Å². The second-order valence-corrected chi connectivity index (χ2v) is 16.2. The standard InChI is InChI=1S/C18H20BrClN4O3.C17H21BrClN3O3/c1-3-4-7-26-18(25)23-5-6-24(11(2)10-23)17-22-15-12(9-21)14(20)8-13(19)16(15)27-17;1-10-9-21(16(23)25-17(2,3)4)5-6-22(10)15-20-13-8-11(19)7-12(18)14(13)24-15/h8,11H,3-7,10H2,1-2H3;7-8,10H,5-6,9H2,1-4H3. The Hall–Kier alpha value is -3.45. The summed E-state index contributed by atoms with van der Waals surface area (Å²) in [6, 6.07) is 8.26. The predicted molar refractivity (Wildman–Crippen MR) is 207 cm³/mol. The van der Waals surface area contributed by atoms with Crippen LogP contribution in [0.2, 0.25) is 10.0 Å². The van der Waals surface area contributed by atoms with Crippen LogP contribution in [0.4, 0.5) is 21.6 Å². The van der Waals surface area contributed by atoms with Crippen LogP contribution < -0.4 is 9.80 Å². The molecule has 2 fully saturated rings. The molecule has 0 radical (unpaired) electrons. The van der Waals surface area contributed by atoms with E-state index >= 15 is 0 Å². The summed E-state index contributed by atoms with van der Waals surface area (Å²) >= 11 is 19.1. The molecule has 2 atom stereocenters. The third-order valence-corrected chi connectivity index (χ3v) is 10.1. The molecule has 0 N–H and O–H groups in total. The summed E-state index contributed by atoms with van der Waals surface area (Å²) in [6.07, 6.45) is 1.28. The molecule has 4 aromatic rings. The quantitative estimate of drug-likeness (QED) is 0.177. The Morgan fingerprint density at radius 1 is 0.923 bits per heavy atom. The molecule has 0 aliphatic carbocycles. The van der Waals surface area contributed by atoms with Crippen molar-refractivity contribution in [3.8, 4) is 6.07 Å². The van der Waals surface area contributed by atoms with E-state index in [2.05, 4.69) is 59.7 Å².